The number of rotatable bonds is 2. The van der Waals surface area contributed by atoms with Gasteiger partial charge in [0.25, 0.3) is 0 Å². The number of carbonyl (C=O) groups is 1. The lowest BCUT2D eigenvalue weighted by Gasteiger charge is -2.06. The quantitative estimate of drug-likeness (QED) is 0.643. The largest absolute Gasteiger partial charge is 0.481 e. The zero-order valence-corrected chi connectivity index (χ0v) is 10.5. The lowest BCUT2D eigenvalue weighted by molar-refractivity contribution is -0.141. The number of hydrogen-bond acceptors (Lipinski definition) is 2. The highest BCUT2D eigenvalue weighted by Gasteiger charge is 2.30. The van der Waals surface area contributed by atoms with E-state index in [1.54, 1.807) is 6.92 Å². The number of anilines is 1. The van der Waals surface area contributed by atoms with Gasteiger partial charge in [0.05, 0.1) is 17.2 Å². The zero-order chi connectivity index (χ0) is 15.2. The van der Waals surface area contributed by atoms with E-state index in [0.29, 0.717) is 6.07 Å². The molecule has 0 bridgehead atoms. The van der Waals surface area contributed by atoms with Crippen LogP contribution in [0.3, 0.4) is 0 Å². The van der Waals surface area contributed by atoms with Crippen molar-refractivity contribution in [1.82, 2.24) is 0 Å². The Morgan fingerprint density at radius 3 is 2.21 bits per heavy atom. The fourth-order valence-corrected chi connectivity index (χ4v) is 0.878. The number of nitrogens with two attached hydrogens (primary N) is 1. The summed E-state index contributed by atoms with van der Waals surface area (Å²) in [5.74, 6) is -1.94. The summed E-state index contributed by atoms with van der Waals surface area (Å²) < 4.78 is 48.2. The van der Waals surface area contributed by atoms with Gasteiger partial charge in [0, 0.05) is 0 Å². The van der Waals surface area contributed by atoms with E-state index in [4.69, 9.17) is 10.8 Å². The van der Waals surface area contributed by atoms with E-state index in [-0.39, 0.29) is 11.6 Å². The Hall–Kier alpha value is -1.79. The summed E-state index contributed by atoms with van der Waals surface area (Å²) in [6.45, 7) is 3.56. The van der Waals surface area contributed by atoms with E-state index in [1.807, 2.05) is 6.92 Å². The molecule has 108 valence electrons. The van der Waals surface area contributed by atoms with Crippen LogP contribution in [0, 0.1) is 11.7 Å². The van der Waals surface area contributed by atoms with E-state index in [0.717, 1.165) is 18.6 Å². The van der Waals surface area contributed by atoms with Crippen LogP contribution in [0.4, 0.5) is 23.2 Å². The number of nitrogen functional groups attached to an aromatic ring is 1. The van der Waals surface area contributed by atoms with Gasteiger partial charge < -0.3 is 10.8 Å². The maximum atomic E-state index is 12.5. The Bertz CT molecular complexity index is 432. The van der Waals surface area contributed by atoms with Gasteiger partial charge in [-0.1, -0.05) is 13.8 Å². The highest BCUT2D eigenvalue weighted by atomic mass is 19.4. The van der Waals surface area contributed by atoms with Crippen molar-refractivity contribution in [3.05, 3.63) is 29.6 Å². The minimum absolute atomic E-state index is 0.181. The van der Waals surface area contributed by atoms with Crippen molar-refractivity contribution in [3.8, 4) is 0 Å². The van der Waals surface area contributed by atoms with Gasteiger partial charge in [-0.05, 0) is 24.6 Å². The third-order valence-corrected chi connectivity index (χ3v) is 2.36. The fraction of sp³-hybridized carbons (Fsp3) is 0.417. The summed E-state index contributed by atoms with van der Waals surface area (Å²) in [5.41, 5.74) is 3.67. The Morgan fingerprint density at radius 2 is 1.95 bits per heavy atom. The topological polar surface area (TPSA) is 63.3 Å². The van der Waals surface area contributed by atoms with Crippen LogP contribution >= 0.6 is 0 Å². The first-order chi connectivity index (χ1) is 8.59. The van der Waals surface area contributed by atoms with Gasteiger partial charge in [0.15, 0.2) is 0 Å². The van der Waals surface area contributed by atoms with Gasteiger partial charge in [0.2, 0.25) is 0 Å². The molecule has 0 aliphatic rings. The number of carboxylic acids is 1. The third kappa shape index (κ3) is 6.08. The maximum Gasteiger partial charge on any atom is 0.416 e. The summed E-state index contributed by atoms with van der Waals surface area (Å²) >= 11 is 0. The standard InChI is InChI=1S/C7H5F4N.C5H10O2/c8-5-3-4(7(9,10)11)1-2-6(5)12;1-3-4(2)5(6)7/h1-3H,12H2;4H,3H2,1-2H3,(H,6,7). The molecule has 0 spiro atoms. The average Bonchev–Trinajstić information content (AvgIpc) is 2.31. The number of carboxylic acid groups (broad SMARTS) is 1. The summed E-state index contributed by atoms with van der Waals surface area (Å²) in [6.07, 6.45) is -3.80. The molecule has 3 N–H and O–H groups in total. The molecule has 0 aliphatic heterocycles. The van der Waals surface area contributed by atoms with Crippen molar-refractivity contribution in [2.75, 3.05) is 5.73 Å². The molecule has 1 aromatic carbocycles. The lowest BCUT2D eigenvalue weighted by atomic mass is 10.1. The summed E-state index contributed by atoms with van der Waals surface area (Å²) in [6, 6.07) is 1.99. The molecule has 1 unspecified atom stereocenters. The number of hydrogen-bond donors (Lipinski definition) is 2. The van der Waals surface area contributed by atoms with Crippen LogP contribution in [-0.4, -0.2) is 11.1 Å². The highest BCUT2D eigenvalue weighted by molar-refractivity contribution is 5.69. The highest BCUT2D eigenvalue weighted by Crippen LogP contribution is 2.30. The average molecular weight is 281 g/mol. The Kier molecular flexibility index (Phi) is 6.31. The van der Waals surface area contributed by atoms with E-state index in [2.05, 4.69) is 0 Å². The van der Waals surface area contributed by atoms with E-state index in [9.17, 15) is 22.4 Å². The van der Waals surface area contributed by atoms with Crippen LogP contribution in [-0.2, 0) is 11.0 Å². The van der Waals surface area contributed by atoms with E-state index in [1.165, 1.54) is 0 Å². The zero-order valence-electron chi connectivity index (χ0n) is 10.5. The maximum absolute atomic E-state index is 12.5. The van der Waals surface area contributed by atoms with Crippen molar-refractivity contribution in [2.24, 2.45) is 5.92 Å². The van der Waals surface area contributed by atoms with Gasteiger partial charge in [-0.2, -0.15) is 13.2 Å². The summed E-state index contributed by atoms with van der Waals surface area (Å²) in [5, 5.41) is 8.18. The monoisotopic (exact) mass is 281 g/mol. The van der Waals surface area contributed by atoms with Crippen molar-refractivity contribution in [1.29, 1.82) is 0 Å². The molecule has 0 aromatic heterocycles. The molecule has 0 fully saturated rings. The van der Waals surface area contributed by atoms with Crippen molar-refractivity contribution in [3.63, 3.8) is 0 Å². The molecule has 1 aromatic rings. The van der Waals surface area contributed by atoms with Crippen LogP contribution < -0.4 is 5.73 Å². The molecule has 7 heteroatoms. The molecular formula is C12H15F4NO2. The van der Waals surface area contributed by atoms with Crippen LogP contribution in [0.1, 0.15) is 25.8 Å². The molecule has 3 nitrogen and oxygen atoms in total. The van der Waals surface area contributed by atoms with Gasteiger partial charge in [0.1, 0.15) is 5.82 Å². The first-order valence-electron chi connectivity index (χ1n) is 5.44. The van der Waals surface area contributed by atoms with E-state index < -0.39 is 23.5 Å². The number of alkyl halides is 3. The fourth-order valence-electron chi connectivity index (χ4n) is 0.878. The Morgan fingerprint density at radius 1 is 1.42 bits per heavy atom. The second-order valence-corrected chi connectivity index (χ2v) is 3.88. The molecule has 0 amide bonds. The van der Waals surface area contributed by atoms with Gasteiger partial charge in [-0.3, -0.25) is 4.79 Å². The molecule has 1 rings (SSSR count). The number of aliphatic carboxylic acids is 1. The second kappa shape index (κ2) is 6.96. The van der Waals surface area contributed by atoms with Gasteiger partial charge in [-0.25, -0.2) is 4.39 Å². The van der Waals surface area contributed by atoms with Crippen molar-refractivity contribution < 1.29 is 27.5 Å². The predicted molar refractivity (Wildman–Crippen MR) is 62.9 cm³/mol. The molecule has 1 atom stereocenters. The number of benzene rings is 1. The molecule has 0 heterocycles. The molecular weight excluding hydrogens is 266 g/mol. The Balaban J connectivity index is 0.000000399. The Labute approximate surface area is 108 Å². The first-order valence-corrected chi connectivity index (χ1v) is 5.44. The van der Waals surface area contributed by atoms with Crippen molar-refractivity contribution >= 4 is 11.7 Å². The number of halogens is 4. The second-order valence-electron chi connectivity index (χ2n) is 3.88. The van der Waals surface area contributed by atoms with E-state index >= 15 is 0 Å². The third-order valence-electron chi connectivity index (χ3n) is 2.36. The lowest BCUT2D eigenvalue weighted by Crippen LogP contribution is -2.06. The molecule has 19 heavy (non-hydrogen) atoms. The SMILES string of the molecule is CCC(C)C(=O)O.Nc1ccc(C(F)(F)F)cc1F. The minimum Gasteiger partial charge on any atom is -0.481 e. The van der Waals surface area contributed by atoms with Crippen LogP contribution in [0.25, 0.3) is 0 Å². The first kappa shape index (κ1) is 17.2. The molecule has 0 aliphatic carbocycles. The molecule has 0 saturated carbocycles. The van der Waals surface area contributed by atoms with Gasteiger partial charge >= 0.3 is 12.1 Å². The van der Waals surface area contributed by atoms with Crippen LogP contribution in [0.2, 0.25) is 0 Å². The summed E-state index contributed by atoms with van der Waals surface area (Å²) in [4.78, 5) is 9.93. The van der Waals surface area contributed by atoms with Crippen molar-refractivity contribution in [2.45, 2.75) is 26.4 Å². The predicted octanol–water partition coefficient (Wildman–Crippen LogP) is 3.54. The van der Waals surface area contributed by atoms with Gasteiger partial charge in [-0.15, -0.1) is 0 Å². The molecule has 0 saturated heterocycles. The minimum atomic E-state index is -4.52. The van der Waals surface area contributed by atoms with Crippen LogP contribution in [0.5, 0.6) is 0 Å². The normalized spacial score (nSPS) is 12.3. The smallest absolute Gasteiger partial charge is 0.416 e. The molecule has 0 radical (unpaired) electrons. The summed E-state index contributed by atoms with van der Waals surface area (Å²) in [7, 11) is 0. The van der Waals surface area contributed by atoms with Crippen LogP contribution in [0.15, 0.2) is 18.2 Å².